The first-order chi connectivity index (χ1) is 11.1. The van der Waals surface area contributed by atoms with Crippen LogP contribution in [0.25, 0.3) is 5.32 Å². The minimum absolute atomic E-state index is 0. The van der Waals surface area contributed by atoms with Gasteiger partial charge in [0.15, 0.2) is 0 Å². The monoisotopic (exact) mass is 426 g/mol. The quantitative estimate of drug-likeness (QED) is 0.589. The topological polar surface area (TPSA) is 23.8 Å². The van der Waals surface area contributed by atoms with Gasteiger partial charge < -0.3 is 10.2 Å². The minimum atomic E-state index is 0. The molecule has 2 aliphatic rings. The normalized spacial score (nSPS) is 37.6. The fourth-order valence-electron chi connectivity index (χ4n) is 4.53. The fourth-order valence-corrected chi connectivity index (χ4v) is 4.53. The van der Waals surface area contributed by atoms with E-state index >= 15 is 0 Å². The van der Waals surface area contributed by atoms with Gasteiger partial charge in [-0.3, -0.25) is 9.80 Å². The van der Waals surface area contributed by atoms with Crippen LogP contribution in [0.2, 0.25) is 0 Å². The molecule has 0 aromatic carbocycles. The molecule has 4 unspecified atom stereocenters. The summed E-state index contributed by atoms with van der Waals surface area (Å²) in [5.74, 6) is 0. The summed E-state index contributed by atoms with van der Waals surface area (Å²) in [6.07, 6.45) is 4.83. The SMILES string of the molecule is CC1CC(C)(C)N2CCC[N-]C(C)(C)CC(C)N(CCCN1C)C2.[Y]. The Morgan fingerprint density at radius 2 is 1.56 bits per heavy atom. The van der Waals surface area contributed by atoms with Crippen LogP contribution in [0, 0.1) is 0 Å². The largest absolute Gasteiger partial charge is 0.657 e. The van der Waals surface area contributed by atoms with E-state index in [0.29, 0.717) is 12.1 Å². The van der Waals surface area contributed by atoms with Gasteiger partial charge in [0.25, 0.3) is 0 Å². The molecule has 0 saturated carbocycles. The van der Waals surface area contributed by atoms with E-state index in [0.717, 1.165) is 26.2 Å². The number of fused-ring (bicyclic) bond motifs is 2. The predicted octanol–water partition coefficient (Wildman–Crippen LogP) is 3.77. The Hall–Kier alpha value is 0.944. The molecule has 145 valence electrons. The maximum Gasteiger partial charge on any atom is 0.0513 e. The molecule has 25 heavy (non-hydrogen) atoms. The zero-order chi connectivity index (χ0) is 18.0. The molecule has 2 rings (SSSR count). The third-order valence-corrected chi connectivity index (χ3v) is 6.26. The summed E-state index contributed by atoms with van der Waals surface area (Å²) in [7, 11) is 2.30. The van der Waals surface area contributed by atoms with E-state index in [4.69, 9.17) is 5.32 Å². The zero-order valence-electron chi connectivity index (χ0n) is 17.9. The van der Waals surface area contributed by atoms with E-state index in [1.807, 2.05) is 0 Å². The van der Waals surface area contributed by atoms with Crippen molar-refractivity contribution in [2.75, 3.05) is 39.9 Å². The first kappa shape index (κ1) is 24.0. The second-order valence-corrected chi connectivity index (χ2v) is 9.52. The van der Waals surface area contributed by atoms with E-state index in [-0.39, 0.29) is 43.8 Å². The maximum atomic E-state index is 5.00. The van der Waals surface area contributed by atoms with Gasteiger partial charge in [-0.15, -0.1) is 12.1 Å². The summed E-state index contributed by atoms with van der Waals surface area (Å²) < 4.78 is 0. The number of rotatable bonds is 0. The minimum Gasteiger partial charge on any atom is -0.657 e. The van der Waals surface area contributed by atoms with Gasteiger partial charge in [0.2, 0.25) is 0 Å². The Morgan fingerprint density at radius 3 is 2.24 bits per heavy atom. The van der Waals surface area contributed by atoms with Crippen molar-refractivity contribution < 1.29 is 32.7 Å². The van der Waals surface area contributed by atoms with Crippen LogP contribution in [-0.2, 0) is 32.7 Å². The number of nitrogens with zero attached hydrogens (tertiary/aromatic N) is 4. The van der Waals surface area contributed by atoms with Crippen molar-refractivity contribution in [3.05, 3.63) is 5.32 Å². The van der Waals surface area contributed by atoms with Gasteiger partial charge in [0.1, 0.15) is 0 Å². The van der Waals surface area contributed by atoms with Gasteiger partial charge in [-0.1, -0.05) is 26.7 Å². The van der Waals surface area contributed by atoms with Crippen LogP contribution >= 0.6 is 0 Å². The molecule has 0 spiro atoms. The third-order valence-electron chi connectivity index (χ3n) is 6.26. The number of hydrogen-bond acceptors (Lipinski definition) is 3. The maximum absolute atomic E-state index is 5.00. The van der Waals surface area contributed by atoms with E-state index in [1.165, 1.54) is 32.4 Å². The van der Waals surface area contributed by atoms with Crippen molar-refractivity contribution >= 4 is 0 Å². The van der Waals surface area contributed by atoms with Crippen LogP contribution in [0.1, 0.15) is 67.2 Å². The van der Waals surface area contributed by atoms with Crippen molar-refractivity contribution in [1.29, 1.82) is 0 Å². The van der Waals surface area contributed by atoms with Gasteiger partial charge in [-0.2, -0.15) is 0 Å². The molecule has 0 aromatic heterocycles. The van der Waals surface area contributed by atoms with E-state index in [1.54, 1.807) is 0 Å². The number of hydrogen-bond donors (Lipinski definition) is 0. The van der Waals surface area contributed by atoms with Gasteiger partial charge in [0, 0.05) is 56.9 Å². The standard InChI is InChI=1S/C20H41N4.Y/c1-17-15-20(5,6)24-13-8-10-21-19(3,4)14-18(2)23(16-24)12-9-11-22(17)7;/h17-18H,8-16H2,1-7H3;/q-1;. The summed E-state index contributed by atoms with van der Waals surface area (Å²) in [6, 6.07) is 1.23. The van der Waals surface area contributed by atoms with Gasteiger partial charge in [-0.25, -0.2) is 0 Å². The van der Waals surface area contributed by atoms with Crippen molar-refractivity contribution in [1.82, 2.24) is 14.7 Å². The zero-order valence-corrected chi connectivity index (χ0v) is 20.7. The molecule has 0 aliphatic carbocycles. The summed E-state index contributed by atoms with van der Waals surface area (Å²) in [6.45, 7) is 20.0. The first-order valence-corrected chi connectivity index (χ1v) is 9.99. The van der Waals surface area contributed by atoms with Gasteiger partial charge in [-0.05, 0) is 60.7 Å². The summed E-state index contributed by atoms with van der Waals surface area (Å²) in [5.41, 5.74) is 0.343. The van der Waals surface area contributed by atoms with Crippen LogP contribution in [-0.4, -0.2) is 77.8 Å². The fraction of sp³-hybridized carbons (Fsp3) is 1.00. The van der Waals surface area contributed by atoms with Crippen LogP contribution in [0.4, 0.5) is 0 Å². The Labute approximate surface area is 182 Å². The third kappa shape index (κ3) is 7.12. The van der Waals surface area contributed by atoms with Gasteiger partial charge >= 0.3 is 0 Å². The van der Waals surface area contributed by atoms with E-state index in [9.17, 15) is 0 Å². The molecule has 2 aliphatic heterocycles. The Bertz CT molecular complexity index is 399. The Morgan fingerprint density at radius 1 is 0.880 bits per heavy atom. The second-order valence-electron chi connectivity index (χ2n) is 9.52. The Balaban J connectivity index is 0.00000312. The van der Waals surface area contributed by atoms with Crippen molar-refractivity contribution in [2.24, 2.45) is 0 Å². The molecule has 2 saturated heterocycles. The molecule has 4 atom stereocenters. The molecule has 4 nitrogen and oxygen atoms in total. The van der Waals surface area contributed by atoms with Crippen LogP contribution in [0.5, 0.6) is 0 Å². The van der Waals surface area contributed by atoms with Crippen LogP contribution < -0.4 is 0 Å². The molecule has 0 amide bonds. The van der Waals surface area contributed by atoms with Crippen LogP contribution in [0.15, 0.2) is 0 Å². The molecular formula is C20H41N4Y-. The van der Waals surface area contributed by atoms with Crippen molar-refractivity contribution in [2.45, 2.75) is 90.4 Å². The van der Waals surface area contributed by atoms with E-state index in [2.05, 4.69) is 63.3 Å². The van der Waals surface area contributed by atoms with E-state index < -0.39 is 0 Å². The van der Waals surface area contributed by atoms with Crippen molar-refractivity contribution in [3.63, 3.8) is 0 Å². The van der Waals surface area contributed by atoms with Crippen molar-refractivity contribution in [3.8, 4) is 0 Å². The summed E-state index contributed by atoms with van der Waals surface area (Å²) in [4.78, 5) is 8.00. The second kappa shape index (κ2) is 9.93. The summed E-state index contributed by atoms with van der Waals surface area (Å²) >= 11 is 0. The molecule has 2 fully saturated rings. The molecule has 2 heterocycles. The average Bonchev–Trinajstić information content (AvgIpc) is 2.45. The van der Waals surface area contributed by atoms with Gasteiger partial charge in [0.05, 0.1) is 6.67 Å². The molecule has 0 aromatic rings. The first-order valence-electron chi connectivity index (χ1n) is 9.99. The molecular weight excluding hydrogens is 385 g/mol. The molecule has 0 N–H and O–H groups in total. The molecule has 5 heteroatoms. The Kier molecular flexibility index (Phi) is 9.53. The summed E-state index contributed by atoms with van der Waals surface area (Å²) in [5, 5.41) is 5.00. The predicted molar refractivity (Wildman–Crippen MR) is 105 cm³/mol. The smallest absolute Gasteiger partial charge is 0.0513 e. The molecule has 1 radical (unpaired) electrons. The van der Waals surface area contributed by atoms with Crippen LogP contribution in [0.3, 0.4) is 0 Å². The molecule has 2 bridgehead atoms. The average molecular weight is 426 g/mol.